The van der Waals surface area contributed by atoms with Gasteiger partial charge in [-0.25, -0.2) is 9.78 Å². The third-order valence-corrected chi connectivity index (χ3v) is 6.76. The number of esters is 1. The first-order valence-corrected chi connectivity index (χ1v) is 13.5. The van der Waals surface area contributed by atoms with E-state index in [4.69, 9.17) is 4.74 Å². The van der Waals surface area contributed by atoms with E-state index in [9.17, 15) is 9.59 Å². The molecular weight excluding hydrogens is 440 g/mol. The number of ether oxygens (including phenoxy) is 1. The molecule has 2 aromatic rings. The average molecular weight is 485 g/mol. The van der Waals surface area contributed by atoms with Gasteiger partial charge in [0.25, 0.3) is 5.91 Å². The molecule has 1 amide bonds. The highest BCUT2D eigenvalue weighted by Gasteiger charge is 2.23. The van der Waals surface area contributed by atoms with Crippen molar-refractivity contribution in [1.29, 1.82) is 0 Å². The average Bonchev–Trinajstić information content (AvgIpc) is 3.46. The molecule has 3 heterocycles. The number of fused-ring (bicyclic) bond motifs is 1. The summed E-state index contributed by atoms with van der Waals surface area (Å²) in [5, 5.41) is 0. The molecule has 3 rings (SSSR count). The van der Waals surface area contributed by atoms with Crippen LogP contribution in [0.3, 0.4) is 0 Å². The lowest BCUT2D eigenvalue weighted by Crippen LogP contribution is -2.34. The Labute approximate surface area is 210 Å². The lowest BCUT2D eigenvalue weighted by atomic mass is 10.1. The molecule has 0 unspecified atom stereocenters. The Kier molecular flexibility index (Phi) is 10.1. The number of nitrogens with zero attached hydrogens (tertiary/aromatic N) is 4. The summed E-state index contributed by atoms with van der Waals surface area (Å²) in [6, 6.07) is 3.69. The first-order chi connectivity index (χ1) is 16.8. The second-order valence-electron chi connectivity index (χ2n) is 10.6. The third-order valence-electron chi connectivity index (χ3n) is 6.76. The highest BCUT2D eigenvalue weighted by molar-refractivity contribution is 5.95. The fourth-order valence-electron chi connectivity index (χ4n) is 4.62. The molecule has 0 saturated carbocycles. The Morgan fingerprint density at radius 3 is 2.31 bits per heavy atom. The van der Waals surface area contributed by atoms with E-state index >= 15 is 0 Å². The van der Waals surface area contributed by atoms with E-state index in [1.54, 1.807) is 6.92 Å². The summed E-state index contributed by atoms with van der Waals surface area (Å²) in [6.07, 6.45) is 8.01. The van der Waals surface area contributed by atoms with Crippen molar-refractivity contribution in [1.82, 2.24) is 19.2 Å². The lowest BCUT2D eigenvalue weighted by Gasteiger charge is -2.24. The van der Waals surface area contributed by atoms with Gasteiger partial charge in [0.1, 0.15) is 5.65 Å². The van der Waals surface area contributed by atoms with Crippen molar-refractivity contribution in [2.75, 3.05) is 39.3 Å². The highest BCUT2D eigenvalue weighted by atomic mass is 16.5. The van der Waals surface area contributed by atoms with E-state index in [0.717, 1.165) is 57.7 Å². The SMILES string of the molecule is CCOC(=O)c1nc2ccc(C(=O)N(CCC(C)C)CCC(C)C)cn2c1CCCN1CCCC1. The maximum atomic E-state index is 13.5. The van der Waals surface area contributed by atoms with Gasteiger partial charge in [0.2, 0.25) is 0 Å². The van der Waals surface area contributed by atoms with Crippen molar-refractivity contribution >= 4 is 17.5 Å². The predicted octanol–water partition coefficient (Wildman–Crippen LogP) is 5.07. The smallest absolute Gasteiger partial charge is 0.358 e. The van der Waals surface area contributed by atoms with Crippen LogP contribution in [0.15, 0.2) is 18.3 Å². The minimum Gasteiger partial charge on any atom is -0.461 e. The van der Waals surface area contributed by atoms with E-state index in [0.29, 0.717) is 41.8 Å². The molecule has 0 N–H and O–H groups in total. The Hall–Kier alpha value is -2.41. The number of aromatic nitrogens is 2. The molecule has 35 heavy (non-hydrogen) atoms. The van der Waals surface area contributed by atoms with Gasteiger partial charge < -0.3 is 18.9 Å². The molecule has 7 nitrogen and oxygen atoms in total. The van der Waals surface area contributed by atoms with Crippen molar-refractivity contribution in [2.24, 2.45) is 11.8 Å². The molecule has 1 aliphatic rings. The number of hydrogen-bond acceptors (Lipinski definition) is 5. The Morgan fingerprint density at radius 1 is 1.06 bits per heavy atom. The normalized spacial score (nSPS) is 14.4. The maximum Gasteiger partial charge on any atom is 0.358 e. The van der Waals surface area contributed by atoms with Gasteiger partial charge in [-0.1, -0.05) is 27.7 Å². The van der Waals surface area contributed by atoms with E-state index in [1.807, 2.05) is 27.6 Å². The number of rotatable bonds is 13. The second kappa shape index (κ2) is 13.1. The van der Waals surface area contributed by atoms with E-state index < -0.39 is 5.97 Å². The van der Waals surface area contributed by atoms with E-state index in [-0.39, 0.29) is 5.91 Å². The molecule has 1 aliphatic heterocycles. The number of imidazole rings is 1. The van der Waals surface area contributed by atoms with Crippen LogP contribution in [-0.2, 0) is 11.2 Å². The summed E-state index contributed by atoms with van der Waals surface area (Å²) >= 11 is 0. The van der Waals surface area contributed by atoms with E-state index in [2.05, 4.69) is 37.6 Å². The van der Waals surface area contributed by atoms with Crippen molar-refractivity contribution in [3.05, 3.63) is 35.3 Å². The molecule has 0 bridgehead atoms. The second-order valence-corrected chi connectivity index (χ2v) is 10.6. The zero-order valence-electron chi connectivity index (χ0n) is 22.4. The van der Waals surface area contributed by atoms with Gasteiger partial charge in [-0.3, -0.25) is 4.79 Å². The number of hydrogen-bond donors (Lipinski definition) is 0. The zero-order valence-corrected chi connectivity index (χ0v) is 22.4. The van der Waals surface area contributed by atoms with Crippen LogP contribution < -0.4 is 0 Å². The zero-order chi connectivity index (χ0) is 25.4. The molecule has 194 valence electrons. The number of likely N-dealkylation sites (tertiary alicyclic amines) is 1. The molecular formula is C28H44N4O3. The Morgan fingerprint density at radius 2 is 1.71 bits per heavy atom. The van der Waals surface area contributed by atoms with Crippen LogP contribution in [0.2, 0.25) is 0 Å². The number of aryl methyl sites for hydroxylation is 1. The number of amides is 1. The quantitative estimate of drug-likeness (QED) is 0.371. The van der Waals surface area contributed by atoms with Gasteiger partial charge in [0, 0.05) is 19.3 Å². The fraction of sp³-hybridized carbons (Fsp3) is 0.679. The van der Waals surface area contributed by atoms with Crippen LogP contribution in [0.1, 0.15) is 93.3 Å². The summed E-state index contributed by atoms with van der Waals surface area (Å²) < 4.78 is 7.24. The molecule has 1 fully saturated rings. The van der Waals surface area contributed by atoms with E-state index in [1.165, 1.54) is 12.8 Å². The first kappa shape index (κ1) is 27.2. The van der Waals surface area contributed by atoms with Crippen LogP contribution in [-0.4, -0.2) is 70.4 Å². The predicted molar refractivity (Wildman–Crippen MR) is 140 cm³/mol. The molecule has 0 aromatic carbocycles. The highest BCUT2D eigenvalue weighted by Crippen LogP contribution is 2.20. The lowest BCUT2D eigenvalue weighted by molar-refractivity contribution is 0.0518. The maximum absolute atomic E-state index is 13.5. The van der Waals surface area contributed by atoms with Gasteiger partial charge in [0.05, 0.1) is 17.9 Å². The molecule has 0 radical (unpaired) electrons. The number of pyridine rings is 1. The summed E-state index contributed by atoms with van der Waals surface area (Å²) in [7, 11) is 0. The van der Waals surface area contributed by atoms with Crippen LogP contribution in [0.25, 0.3) is 5.65 Å². The summed E-state index contributed by atoms with van der Waals surface area (Å²) in [6.45, 7) is 15.7. The van der Waals surface area contributed by atoms with Crippen molar-refractivity contribution < 1.29 is 14.3 Å². The van der Waals surface area contributed by atoms with Gasteiger partial charge in [-0.05, 0) is 89.1 Å². The first-order valence-electron chi connectivity index (χ1n) is 13.5. The molecule has 0 aliphatic carbocycles. The van der Waals surface area contributed by atoms with Crippen molar-refractivity contribution in [3.63, 3.8) is 0 Å². The number of carbonyl (C=O) groups is 2. The minimum absolute atomic E-state index is 0.0441. The Balaban J connectivity index is 1.88. The summed E-state index contributed by atoms with van der Waals surface area (Å²) in [4.78, 5) is 35.3. The Bertz CT molecular complexity index is 964. The minimum atomic E-state index is -0.393. The van der Waals surface area contributed by atoms with Crippen LogP contribution in [0, 0.1) is 11.8 Å². The van der Waals surface area contributed by atoms with Crippen molar-refractivity contribution in [2.45, 2.75) is 73.1 Å². The molecule has 0 atom stereocenters. The summed E-state index contributed by atoms with van der Waals surface area (Å²) in [5.41, 5.74) is 2.52. The monoisotopic (exact) mass is 484 g/mol. The van der Waals surface area contributed by atoms with Crippen LogP contribution in [0.4, 0.5) is 0 Å². The number of carbonyl (C=O) groups excluding carboxylic acids is 2. The molecule has 7 heteroatoms. The standard InChI is InChI=1S/C28H44N4O3/c1-6-35-28(34)26-24(10-9-17-30-15-7-8-16-30)32-20-23(11-12-25(32)29-26)27(33)31(18-13-21(2)3)19-14-22(4)5/h11-12,20-22H,6-10,13-19H2,1-5H3. The largest absolute Gasteiger partial charge is 0.461 e. The van der Waals surface area contributed by atoms with Crippen LogP contribution >= 0.6 is 0 Å². The summed E-state index contributed by atoms with van der Waals surface area (Å²) in [5.74, 6) is 0.725. The topological polar surface area (TPSA) is 67.1 Å². The molecule has 0 spiro atoms. The van der Waals surface area contributed by atoms with Gasteiger partial charge in [-0.15, -0.1) is 0 Å². The molecule has 1 saturated heterocycles. The van der Waals surface area contributed by atoms with Crippen LogP contribution in [0.5, 0.6) is 0 Å². The van der Waals surface area contributed by atoms with Gasteiger partial charge >= 0.3 is 5.97 Å². The third kappa shape index (κ3) is 7.53. The van der Waals surface area contributed by atoms with Crippen molar-refractivity contribution in [3.8, 4) is 0 Å². The van der Waals surface area contributed by atoms with Gasteiger partial charge in [0.15, 0.2) is 5.69 Å². The molecule has 2 aromatic heterocycles. The fourth-order valence-corrected chi connectivity index (χ4v) is 4.62. The van der Waals surface area contributed by atoms with Gasteiger partial charge in [-0.2, -0.15) is 0 Å².